The van der Waals surface area contributed by atoms with Crippen molar-refractivity contribution in [3.63, 3.8) is 0 Å². The molecule has 0 bridgehead atoms. The Balaban J connectivity index is 1.96. The fraction of sp³-hybridized carbons (Fsp3) is 0.750. The molecule has 2 heterocycles. The molecule has 0 radical (unpaired) electrons. The third-order valence-electron chi connectivity index (χ3n) is 3.14. The molecule has 1 aromatic heterocycles. The first kappa shape index (κ1) is 15.2. The molecule has 0 aliphatic carbocycles. The summed E-state index contributed by atoms with van der Waals surface area (Å²) in [5.74, 6) is 0.803. The second-order valence-corrected chi connectivity index (χ2v) is 5.21. The van der Waals surface area contributed by atoms with E-state index in [1.54, 1.807) is 0 Å². The second-order valence-electron chi connectivity index (χ2n) is 4.87. The van der Waals surface area contributed by atoms with Crippen molar-refractivity contribution in [1.29, 1.82) is 0 Å². The van der Waals surface area contributed by atoms with Crippen LogP contribution in [0.15, 0.2) is 0 Å². The van der Waals surface area contributed by atoms with Crippen LogP contribution in [0.1, 0.15) is 26.2 Å². The van der Waals surface area contributed by atoms with Crippen LogP contribution in [0, 0.1) is 0 Å². The van der Waals surface area contributed by atoms with Crippen LogP contribution < -0.4 is 10.6 Å². The molecule has 1 aliphatic rings. The summed E-state index contributed by atoms with van der Waals surface area (Å²) in [6, 6.07) is 0. The molecule has 7 nitrogen and oxygen atoms in total. The second kappa shape index (κ2) is 7.01. The molecular weight excluding hydrogens is 282 g/mol. The van der Waals surface area contributed by atoms with Crippen molar-refractivity contribution in [3.8, 4) is 0 Å². The van der Waals surface area contributed by atoms with E-state index in [-0.39, 0.29) is 5.28 Å². The first-order valence-electron chi connectivity index (χ1n) is 6.81. The highest BCUT2D eigenvalue weighted by Gasteiger charge is 2.29. The van der Waals surface area contributed by atoms with Gasteiger partial charge in [0.2, 0.25) is 17.2 Å². The molecular formula is C12H20ClN5O2. The van der Waals surface area contributed by atoms with Gasteiger partial charge in [-0.2, -0.15) is 15.0 Å². The maximum atomic E-state index is 10.4. The van der Waals surface area contributed by atoms with Crippen LogP contribution in [0.25, 0.3) is 0 Å². The Morgan fingerprint density at radius 2 is 1.85 bits per heavy atom. The van der Waals surface area contributed by atoms with Gasteiger partial charge in [0.1, 0.15) is 0 Å². The summed E-state index contributed by atoms with van der Waals surface area (Å²) in [4.78, 5) is 12.2. The van der Waals surface area contributed by atoms with E-state index in [9.17, 15) is 5.11 Å². The number of hydrogen-bond acceptors (Lipinski definition) is 7. The minimum Gasteiger partial charge on any atom is -0.388 e. The Bertz CT molecular complexity index is 440. The Kier molecular flexibility index (Phi) is 5.33. The van der Waals surface area contributed by atoms with E-state index >= 15 is 0 Å². The van der Waals surface area contributed by atoms with E-state index < -0.39 is 5.60 Å². The standard InChI is InChI=1S/C12H20ClN5O2/c1-2-5-14-10-16-9(13)17-11(18-10)15-8-12(19)3-6-20-7-4-12/h19H,2-8H2,1H3,(H2,14,15,16,17,18). The monoisotopic (exact) mass is 301 g/mol. The van der Waals surface area contributed by atoms with Gasteiger partial charge >= 0.3 is 0 Å². The van der Waals surface area contributed by atoms with Crippen LogP contribution >= 0.6 is 11.6 Å². The van der Waals surface area contributed by atoms with E-state index in [1.165, 1.54) is 0 Å². The molecule has 0 aromatic carbocycles. The highest BCUT2D eigenvalue weighted by atomic mass is 35.5. The minimum absolute atomic E-state index is 0.125. The normalized spacial score (nSPS) is 17.8. The summed E-state index contributed by atoms with van der Waals surface area (Å²) in [6.07, 6.45) is 2.16. The summed E-state index contributed by atoms with van der Waals surface area (Å²) in [7, 11) is 0. The highest BCUT2D eigenvalue weighted by Crippen LogP contribution is 2.21. The summed E-state index contributed by atoms with van der Waals surface area (Å²) < 4.78 is 5.24. The Labute approximate surface area is 123 Å². The topological polar surface area (TPSA) is 92.2 Å². The summed E-state index contributed by atoms with van der Waals surface area (Å²) in [6.45, 7) is 4.32. The van der Waals surface area contributed by atoms with Gasteiger partial charge in [0.25, 0.3) is 0 Å². The molecule has 1 aromatic rings. The molecule has 112 valence electrons. The largest absolute Gasteiger partial charge is 0.388 e. The van der Waals surface area contributed by atoms with E-state index in [4.69, 9.17) is 16.3 Å². The summed E-state index contributed by atoms with van der Waals surface area (Å²) in [5.41, 5.74) is -0.783. The lowest BCUT2D eigenvalue weighted by atomic mass is 9.94. The number of halogens is 1. The number of ether oxygens (including phenoxy) is 1. The Morgan fingerprint density at radius 3 is 2.50 bits per heavy atom. The summed E-state index contributed by atoms with van der Waals surface area (Å²) >= 11 is 5.86. The molecule has 2 rings (SSSR count). The van der Waals surface area contributed by atoms with Crippen LogP contribution in [0.3, 0.4) is 0 Å². The van der Waals surface area contributed by atoms with Crippen LogP contribution in [0.4, 0.5) is 11.9 Å². The third kappa shape index (κ3) is 4.43. The van der Waals surface area contributed by atoms with Crippen molar-refractivity contribution in [1.82, 2.24) is 15.0 Å². The van der Waals surface area contributed by atoms with Gasteiger partial charge in [-0.05, 0) is 18.0 Å². The maximum Gasteiger partial charge on any atom is 0.228 e. The highest BCUT2D eigenvalue weighted by molar-refractivity contribution is 6.28. The molecule has 1 saturated heterocycles. The molecule has 3 N–H and O–H groups in total. The van der Waals surface area contributed by atoms with Crippen LogP contribution in [0.2, 0.25) is 5.28 Å². The molecule has 8 heteroatoms. The SMILES string of the molecule is CCCNc1nc(Cl)nc(NCC2(O)CCOCC2)n1. The van der Waals surface area contributed by atoms with Crippen molar-refractivity contribution in [3.05, 3.63) is 5.28 Å². The number of nitrogens with zero attached hydrogens (tertiary/aromatic N) is 3. The van der Waals surface area contributed by atoms with E-state index in [2.05, 4.69) is 32.5 Å². The number of rotatable bonds is 6. The van der Waals surface area contributed by atoms with Crippen molar-refractivity contribution in [2.75, 3.05) is 36.9 Å². The van der Waals surface area contributed by atoms with Gasteiger partial charge in [-0.1, -0.05) is 6.92 Å². The molecule has 0 spiro atoms. The zero-order valence-electron chi connectivity index (χ0n) is 11.5. The van der Waals surface area contributed by atoms with Crippen molar-refractivity contribution < 1.29 is 9.84 Å². The van der Waals surface area contributed by atoms with Crippen LogP contribution in [-0.4, -0.2) is 52.0 Å². The van der Waals surface area contributed by atoms with Crippen molar-refractivity contribution in [2.45, 2.75) is 31.8 Å². The molecule has 0 saturated carbocycles. The number of aromatic nitrogens is 3. The van der Waals surface area contributed by atoms with E-state index in [0.717, 1.165) is 13.0 Å². The first-order valence-corrected chi connectivity index (χ1v) is 7.18. The maximum absolute atomic E-state index is 10.4. The predicted molar refractivity (Wildman–Crippen MR) is 77.1 cm³/mol. The third-order valence-corrected chi connectivity index (χ3v) is 3.31. The average Bonchev–Trinajstić information content (AvgIpc) is 2.43. The van der Waals surface area contributed by atoms with E-state index in [1.807, 2.05) is 0 Å². The van der Waals surface area contributed by atoms with Crippen molar-refractivity contribution in [2.24, 2.45) is 0 Å². The van der Waals surface area contributed by atoms with Gasteiger partial charge in [0.05, 0.1) is 5.60 Å². The van der Waals surface area contributed by atoms with Gasteiger partial charge in [0, 0.05) is 39.1 Å². The Morgan fingerprint density at radius 1 is 1.20 bits per heavy atom. The van der Waals surface area contributed by atoms with Crippen molar-refractivity contribution >= 4 is 23.5 Å². The van der Waals surface area contributed by atoms with Crippen LogP contribution in [-0.2, 0) is 4.74 Å². The molecule has 0 atom stereocenters. The fourth-order valence-corrected chi connectivity index (χ4v) is 2.08. The van der Waals surface area contributed by atoms with Gasteiger partial charge < -0.3 is 20.5 Å². The lowest BCUT2D eigenvalue weighted by molar-refractivity contribution is -0.0544. The van der Waals surface area contributed by atoms with Gasteiger partial charge in [0.15, 0.2) is 0 Å². The summed E-state index contributed by atoms with van der Waals surface area (Å²) in [5, 5.41) is 16.5. The predicted octanol–water partition coefficient (Wildman–Crippen LogP) is 1.30. The first-order chi connectivity index (χ1) is 9.61. The van der Waals surface area contributed by atoms with Crippen LogP contribution in [0.5, 0.6) is 0 Å². The number of nitrogens with one attached hydrogen (secondary N) is 2. The van der Waals surface area contributed by atoms with Gasteiger partial charge in [-0.25, -0.2) is 0 Å². The van der Waals surface area contributed by atoms with E-state index in [0.29, 0.717) is 44.5 Å². The minimum atomic E-state index is -0.783. The smallest absolute Gasteiger partial charge is 0.228 e. The molecule has 1 aliphatic heterocycles. The average molecular weight is 302 g/mol. The molecule has 20 heavy (non-hydrogen) atoms. The lowest BCUT2D eigenvalue weighted by Gasteiger charge is -2.32. The molecule has 1 fully saturated rings. The molecule has 0 amide bonds. The zero-order valence-corrected chi connectivity index (χ0v) is 12.3. The fourth-order valence-electron chi connectivity index (χ4n) is 1.92. The number of anilines is 2. The number of hydrogen-bond donors (Lipinski definition) is 3. The van der Waals surface area contributed by atoms with Gasteiger partial charge in [-0.15, -0.1) is 0 Å². The zero-order chi connectivity index (χ0) is 14.4. The quantitative estimate of drug-likeness (QED) is 0.729. The Hall–Kier alpha value is -1.18. The van der Waals surface area contributed by atoms with Gasteiger partial charge in [-0.3, -0.25) is 0 Å². The number of aliphatic hydroxyl groups is 1. The molecule has 0 unspecified atom stereocenters. The lowest BCUT2D eigenvalue weighted by Crippen LogP contribution is -2.42.